The number of nitrogens with zero attached hydrogens (tertiary/aromatic N) is 2. The fourth-order valence-corrected chi connectivity index (χ4v) is 4.69. The number of carbonyl (C=O) groups excluding carboxylic acids is 6. The number of hydrogen-bond acceptors (Lipinski definition) is 8. The Labute approximate surface area is 242 Å². The van der Waals surface area contributed by atoms with Crippen LogP contribution in [0.1, 0.15) is 38.2 Å². The highest BCUT2D eigenvalue weighted by Gasteiger charge is 2.36. The third kappa shape index (κ3) is 9.17. The van der Waals surface area contributed by atoms with Gasteiger partial charge in [0, 0.05) is 13.1 Å². The lowest BCUT2D eigenvalue weighted by Gasteiger charge is -2.25. The predicted octanol–water partition coefficient (Wildman–Crippen LogP) is -1.28. The van der Waals surface area contributed by atoms with E-state index in [9.17, 15) is 33.6 Å². The van der Waals surface area contributed by atoms with Gasteiger partial charge >= 0.3 is 12.1 Å². The number of nitrogens with one attached hydrogen (secondary N) is 4. The van der Waals surface area contributed by atoms with E-state index in [-0.39, 0.29) is 19.7 Å². The molecule has 42 heavy (non-hydrogen) atoms. The Hall–Kier alpha value is -4.69. The van der Waals surface area contributed by atoms with Gasteiger partial charge in [-0.25, -0.2) is 4.79 Å². The largest absolute Gasteiger partial charge is 0.480 e. The van der Waals surface area contributed by atoms with Crippen LogP contribution in [0, 0.1) is 0 Å². The highest BCUT2D eigenvalue weighted by molar-refractivity contribution is 5.94. The van der Waals surface area contributed by atoms with Gasteiger partial charge in [0.1, 0.15) is 31.3 Å². The number of benzene rings is 1. The normalized spacial score (nSPS) is 18.5. The molecular formula is C27H36N6O9. The molecule has 6 amide bonds. The zero-order chi connectivity index (χ0) is 30.6. The first-order chi connectivity index (χ1) is 20.1. The van der Waals surface area contributed by atoms with Crippen molar-refractivity contribution in [3.8, 4) is 0 Å². The van der Waals surface area contributed by atoms with E-state index in [0.717, 1.165) is 5.56 Å². The number of likely N-dealkylation sites (tertiary alicyclic amines) is 2. The molecule has 2 aliphatic heterocycles. The van der Waals surface area contributed by atoms with E-state index in [4.69, 9.17) is 9.84 Å². The zero-order valence-electron chi connectivity index (χ0n) is 23.3. The van der Waals surface area contributed by atoms with Gasteiger partial charge in [-0.15, -0.1) is 0 Å². The van der Waals surface area contributed by atoms with E-state index in [1.165, 1.54) is 16.7 Å². The number of ether oxygens (including phenoxy) is 1. The Balaban J connectivity index is 1.37. The summed E-state index contributed by atoms with van der Waals surface area (Å²) >= 11 is 0. The summed E-state index contributed by atoms with van der Waals surface area (Å²) in [5.41, 5.74) is 0.791. The third-order valence-electron chi connectivity index (χ3n) is 6.94. The van der Waals surface area contributed by atoms with Crippen molar-refractivity contribution in [3.05, 3.63) is 35.9 Å². The summed E-state index contributed by atoms with van der Waals surface area (Å²) in [7, 11) is 0. The molecule has 1 aromatic rings. The standard InChI is InChI=1S/C27H36N6O9/c1-17(26(39)40)31-25(38)20-10-6-12-33(20)22(35)14-28-21(34)13-29-24(37)19-9-5-11-32(19)23(36)15-30-27(41)42-16-18-7-3-2-4-8-18/h2-4,7-8,17,19-20H,5-6,9-16H2,1H3,(H,28,34)(H,29,37)(H,30,41)(H,31,38)(H,39,40)/t17-,19-,20?/m0/s1. The van der Waals surface area contributed by atoms with Crippen LogP contribution in [0.15, 0.2) is 30.3 Å². The fraction of sp³-hybridized carbons (Fsp3) is 0.519. The Morgan fingerprint density at radius 3 is 2.00 bits per heavy atom. The molecule has 0 saturated carbocycles. The first-order valence-corrected chi connectivity index (χ1v) is 13.7. The molecule has 2 fully saturated rings. The number of carboxylic acids is 1. The molecule has 0 aliphatic carbocycles. The molecule has 1 unspecified atom stereocenters. The summed E-state index contributed by atoms with van der Waals surface area (Å²) in [6.07, 6.45) is 1.10. The molecule has 5 N–H and O–H groups in total. The summed E-state index contributed by atoms with van der Waals surface area (Å²) in [5, 5.41) is 18.6. The van der Waals surface area contributed by atoms with E-state index in [2.05, 4.69) is 21.3 Å². The van der Waals surface area contributed by atoms with Crippen LogP contribution in [-0.4, -0.2) is 107 Å². The van der Waals surface area contributed by atoms with Gasteiger partial charge in [0.15, 0.2) is 0 Å². The summed E-state index contributed by atoms with van der Waals surface area (Å²) in [6, 6.07) is 6.28. The first-order valence-electron chi connectivity index (χ1n) is 13.7. The second kappa shape index (κ2) is 15.3. The molecule has 0 radical (unpaired) electrons. The van der Waals surface area contributed by atoms with Crippen LogP contribution in [0.3, 0.4) is 0 Å². The van der Waals surface area contributed by atoms with Crippen LogP contribution in [-0.2, 0) is 40.1 Å². The lowest BCUT2D eigenvalue weighted by atomic mass is 10.2. The second-order valence-corrected chi connectivity index (χ2v) is 9.97. The number of hydrogen-bond donors (Lipinski definition) is 5. The van der Waals surface area contributed by atoms with E-state index in [0.29, 0.717) is 32.2 Å². The third-order valence-corrected chi connectivity index (χ3v) is 6.94. The minimum atomic E-state index is -1.20. The highest BCUT2D eigenvalue weighted by atomic mass is 16.5. The van der Waals surface area contributed by atoms with Crippen molar-refractivity contribution in [2.45, 2.75) is 57.3 Å². The molecule has 2 saturated heterocycles. The van der Waals surface area contributed by atoms with Gasteiger partial charge in [-0.2, -0.15) is 0 Å². The molecular weight excluding hydrogens is 552 g/mol. The second-order valence-electron chi connectivity index (χ2n) is 9.97. The Kier molecular flexibility index (Phi) is 11.6. The average molecular weight is 589 g/mol. The molecule has 0 spiro atoms. The summed E-state index contributed by atoms with van der Waals surface area (Å²) < 4.78 is 5.08. The number of alkyl carbamates (subject to hydrolysis) is 1. The molecule has 3 atom stereocenters. The zero-order valence-corrected chi connectivity index (χ0v) is 23.3. The first kappa shape index (κ1) is 31.8. The number of amides is 6. The van der Waals surface area contributed by atoms with Crippen molar-refractivity contribution in [1.82, 2.24) is 31.1 Å². The molecule has 2 aliphatic rings. The number of rotatable bonds is 12. The topological polar surface area (TPSA) is 204 Å². The molecule has 2 heterocycles. The van der Waals surface area contributed by atoms with Crippen LogP contribution < -0.4 is 21.3 Å². The number of aliphatic carboxylic acids is 1. The predicted molar refractivity (Wildman–Crippen MR) is 145 cm³/mol. The minimum Gasteiger partial charge on any atom is -0.480 e. The van der Waals surface area contributed by atoms with Crippen molar-refractivity contribution in [3.63, 3.8) is 0 Å². The Morgan fingerprint density at radius 1 is 0.833 bits per heavy atom. The molecule has 3 rings (SSSR count). The fourth-order valence-electron chi connectivity index (χ4n) is 4.69. The minimum absolute atomic E-state index is 0.0449. The van der Waals surface area contributed by atoms with E-state index < -0.39 is 72.8 Å². The molecule has 0 bridgehead atoms. The molecule has 0 aromatic heterocycles. The van der Waals surface area contributed by atoms with Gasteiger partial charge in [-0.3, -0.25) is 28.8 Å². The van der Waals surface area contributed by atoms with Gasteiger partial charge in [0.05, 0.1) is 13.1 Å². The van der Waals surface area contributed by atoms with Crippen LogP contribution >= 0.6 is 0 Å². The van der Waals surface area contributed by atoms with Gasteiger partial charge in [-0.05, 0) is 38.2 Å². The lowest BCUT2D eigenvalue weighted by molar-refractivity contribution is -0.143. The van der Waals surface area contributed by atoms with Crippen LogP contribution in [0.25, 0.3) is 0 Å². The van der Waals surface area contributed by atoms with Crippen LogP contribution in [0.4, 0.5) is 4.79 Å². The SMILES string of the molecule is C[C@H](NC(=O)C1CCCN1C(=O)CNC(=O)CNC(=O)[C@@H]1CCCN1C(=O)CNC(=O)OCc1ccccc1)C(=O)O. The average Bonchev–Trinajstić information content (AvgIpc) is 3.67. The summed E-state index contributed by atoms with van der Waals surface area (Å²) in [6.45, 7) is 0.762. The monoisotopic (exact) mass is 588 g/mol. The molecule has 228 valence electrons. The maximum Gasteiger partial charge on any atom is 0.407 e. The number of carbonyl (C=O) groups is 7. The van der Waals surface area contributed by atoms with Crippen molar-refractivity contribution in [2.75, 3.05) is 32.7 Å². The maximum absolute atomic E-state index is 12.7. The van der Waals surface area contributed by atoms with E-state index >= 15 is 0 Å². The molecule has 1 aromatic carbocycles. The van der Waals surface area contributed by atoms with Gasteiger partial charge in [-0.1, -0.05) is 30.3 Å². The maximum atomic E-state index is 12.7. The quantitative estimate of drug-likeness (QED) is 0.197. The van der Waals surface area contributed by atoms with Gasteiger partial charge in [0.2, 0.25) is 29.5 Å². The Morgan fingerprint density at radius 2 is 1.40 bits per heavy atom. The summed E-state index contributed by atoms with van der Waals surface area (Å²) in [4.78, 5) is 88.2. The molecule has 15 heteroatoms. The van der Waals surface area contributed by atoms with E-state index in [1.54, 1.807) is 12.1 Å². The lowest BCUT2D eigenvalue weighted by Crippen LogP contribution is -2.52. The van der Waals surface area contributed by atoms with Crippen molar-refractivity contribution < 1.29 is 43.4 Å². The smallest absolute Gasteiger partial charge is 0.407 e. The van der Waals surface area contributed by atoms with Gasteiger partial charge in [0.25, 0.3) is 0 Å². The van der Waals surface area contributed by atoms with Crippen molar-refractivity contribution >= 4 is 41.6 Å². The number of carboxylic acid groups (broad SMARTS) is 1. The highest BCUT2D eigenvalue weighted by Crippen LogP contribution is 2.18. The van der Waals surface area contributed by atoms with Gasteiger partial charge < -0.3 is 40.9 Å². The van der Waals surface area contributed by atoms with Crippen LogP contribution in [0.5, 0.6) is 0 Å². The van der Waals surface area contributed by atoms with Crippen LogP contribution in [0.2, 0.25) is 0 Å². The Bertz CT molecular complexity index is 1180. The van der Waals surface area contributed by atoms with Crippen molar-refractivity contribution in [1.29, 1.82) is 0 Å². The molecule has 15 nitrogen and oxygen atoms in total. The van der Waals surface area contributed by atoms with E-state index in [1.807, 2.05) is 18.2 Å². The van der Waals surface area contributed by atoms with Crippen molar-refractivity contribution in [2.24, 2.45) is 0 Å². The summed E-state index contributed by atoms with van der Waals surface area (Å²) in [5.74, 6) is -3.95.